The molecule has 0 amide bonds. The van der Waals surface area contributed by atoms with Crippen molar-refractivity contribution in [3.63, 3.8) is 0 Å². The minimum absolute atomic E-state index is 0.597. The van der Waals surface area contributed by atoms with Gasteiger partial charge in [-0.3, -0.25) is 0 Å². The van der Waals surface area contributed by atoms with E-state index in [0.717, 1.165) is 18.8 Å². The van der Waals surface area contributed by atoms with Gasteiger partial charge in [-0.2, -0.15) is 5.26 Å². The number of rotatable bonds is 4. The van der Waals surface area contributed by atoms with Crippen LogP contribution in [0.5, 0.6) is 0 Å². The van der Waals surface area contributed by atoms with Crippen molar-refractivity contribution in [3.05, 3.63) is 23.9 Å². The number of nitrogens with one attached hydrogen (secondary N) is 1. The molecule has 14 heavy (non-hydrogen) atoms. The van der Waals surface area contributed by atoms with Gasteiger partial charge in [-0.1, -0.05) is 13.8 Å². The first-order chi connectivity index (χ1) is 6.72. The van der Waals surface area contributed by atoms with Crippen molar-refractivity contribution in [2.24, 2.45) is 5.92 Å². The van der Waals surface area contributed by atoms with Gasteiger partial charge in [0.05, 0.1) is 5.56 Å². The number of anilines is 1. The summed E-state index contributed by atoms with van der Waals surface area (Å²) in [7, 11) is 0. The molecule has 0 unspecified atom stereocenters. The molecule has 1 heterocycles. The molecule has 0 aliphatic rings. The van der Waals surface area contributed by atoms with Crippen molar-refractivity contribution < 1.29 is 0 Å². The van der Waals surface area contributed by atoms with E-state index in [1.807, 2.05) is 12.1 Å². The van der Waals surface area contributed by atoms with Crippen LogP contribution in [0.15, 0.2) is 18.3 Å². The number of hydrogen-bond donors (Lipinski definition) is 1. The topological polar surface area (TPSA) is 48.7 Å². The van der Waals surface area contributed by atoms with E-state index >= 15 is 0 Å². The minimum atomic E-state index is 0.597. The number of aromatic nitrogens is 1. The largest absolute Gasteiger partial charge is 0.370 e. The van der Waals surface area contributed by atoms with Crippen LogP contribution in [-0.2, 0) is 0 Å². The van der Waals surface area contributed by atoms with Crippen LogP contribution >= 0.6 is 0 Å². The summed E-state index contributed by atoms with van der Waals surface area (Å²) in [4.78, 5) is 4.11. The predicted octanol–water partition coefficient (Wildman–Crippen LogP) is 2.41. The second-order valence-corrected chi connectivity index (χ2v) is 3.65. The first-order valence-electron chi connectivity index (χ1n) is 4.82. The van der Waals surface area contributed by atoms with E-state index in [9.17, 15) is 0 Å². The monoisotopic (exact) mass is 189 g/mol. The van der Waals surface area contributed by atoms with Crippen LogP contribution in [0.3, 0.4) is 0 Å². The molecule has 1 rings (SSSR count). The molecule has 0 radical (unpaired) electrons. The van der Waals surface area contributed by atoms with Crippen LogP contribution in [0.25, 0.3) is 0 Å². The number of pyridine rings is 1. The third-order valence-electron chi connectivity index (χ3n) is 1.92. The van der Waals surface area contributed by atoms with Gasteiger partial charge in [-0.15, -0.1) is 0 Å². The molecule has 0 spiro atoms. The summed E-state index contributed by atoms with van der Waals surface area (Å²) in [6, 6.07) is 5.64. The van der Waals surface area contributed by atoms with E-state index in [1.165, 1.54) is 0 Å². The first-order valence-corrected chi connectivity index (χ1v) is 4.82. The second kappa shape index (κ2) is 5.23. The Kier molecular flexibility index (Phi) is 3.93. The summed E-state index contributed by atoms with van der Waals surface area (Å²) in [5.74, 6) is 1.53. The lowest BCUT2D eigenvalue weighted by Gasteiger charge is -2.06. The summed E-state index contributed by atoms with van der Waals surface area (Å²) in [6.07, 6.45) is 2.71. The van der Waals surface area contributed by atoms with E-state index in [4.69, 9.17) is 5.26 Å². The number of nitrogens with zero attached hydrogens (tertiary/aromatic N) is 2. The van der Waals surface area contributed by atoms with Gasteiger partial charge in [-0.25, -0.2) is 4.98 Å². The molecular formula is C11H15N3. The predicted molar refractivity (Wildman–Crippen MR) is 56.9 cm³/mol. The van der Waals surface area contributed by atoms with Crippen LogP contribution in [0, 0.1) is 17.2 Å². The lowest BCUT2D eigenvalue weighted by Crippen LogP contribution is -2.05. The summed E-state index contributed by atoms with van der Waals surface area (Å²) in [5.41, 5.74) is 0.597. The highest BCUT2D eigenvalue weighted by molar-refractivity contribution is 5.38. The maximum absolute atomic E-state index is 8.57. The molecule has 1 aromatic heterocycles. The Bertz CT molecular complexity index is 308. The standard InChI is InChI=1S/C11H15N3/c1-9(2)5-6-13-11-4-3-10(7-12)8-14-11/h3-4,8-9H,5-6H2,1-2H3,(H,13,14). The van der Waals surface area contributed by atoms with E-state index < -0.39 is 0 Å². The van der Waals surface area contributed by atoms with Crippen LogP contribution < -0.4 is 5.32 Å². The third kappa shape index (κ3) is 3.44. The normalized spacial score (nSPS) is 9.86. The average molecular weight is 189 g/mol. The van der Waals surface area contributed by atoms with Crippen molar-refractivity contribution in [2.45, 2.75) is 20.3 Å². The summed E-state index contributed by atoms with van der Waals surface area (Å²) < 4.78 is 0. The molecule has 0 atom stereocenters. The Hall–Kier alpha value is -1.56. The molecule has 3 heteroatoms. The summed E-state index contributed by atoms with van der Waals surface area (Å²) in [5, 5.41) is 11.8. The Balaban J connectivity index is 2.41. The number of nitriles is 1. The maximum atomic E-state index is 8.57. The average Bonchev–Trinajstić information content (AvgIpc) is 2.18. The highest BCUT2D eigenvalue weighted by atomic mass is 15.0. The molecule has 1 N–H and O–H groups in total. The second-order valence-electron chi connectivity index (χ2n) is 3.65. The van der Waals surface area contributed by atoms with Gasteiger partial charge < -0.3 is 5.32 Å². The van der Waals surface area contributed by atoms with Gasteiger partial charge >= 0.3 is 0 Å². The van der Waals surface area contributed by atoms with Crippen LogP contribution in [0.1, 0.15) is 25.8 Å². The quantitative estimate of drug-likeness (QED) is 0.791. The molecule has 0 aliphatic carbocycles. The molecule has 1 aromatic rings. The van der Waals surface area contributed by atoms with Crippen molar-refractivity contribution in [2.75, 3.05) is 11.9 Å². The van der Waals surface area contributed by atoms with Gasteiger partial charge in [0.25, 0.3) is 0 Å². The number of hydrogen-bond acceptors (Lipinski definition) is 3. The van der Waals surface area contributed by atoms with Crippen molar-refractivity contribution in [1.82, 2.24) is 4.98 Å². The SMILES string of the molecule is CC(C)CCNc1ccc(C#N)cn1. The van der Waals surface area contributed by atoms with Gasteiger partial charge in [0.15, 0.2) is 0 Å². The first kappa shape index (κ1) is 10.5. The van der Waals surface area contributed by atoms with Crippen LogP contribution in [0.2, 0.25) is 0 Å². The van der Waals surface area contributed by atoms with Gasteiger partial charge in [-0.05, 0) is 24.5 Å². The Morgan fingerprint density at radius 3 is 2.79 bits per heavy atom. The zero-order valence-corrected chi connectivity index (χ0v) is 8.62. The van der Waals surface area contributed by atoms with E-state index in [-0.39, 0.29) is 0 Å². The molecule has 0 saturated carbocycles. The molecule has 0 aromatic carbocycles. The van der Waals surface area contributed by atoms with E-state index in [2.05, 4.69) is 24.1 Å². The Labute approximate surface area is 84.8 Å². The smallest absolute Gasteiger partial charge is 0.125 e. The van der Waals surface area contributed by atoms with Gasteiger partial charge in [0, 0.05) is 12.7 Å². The molecule has 74 valence electrons. The fourth-order valence-electron chi connectivity index (χ4n) is 1.05. The molecule has 0 fully saturated rings. The summed E-state index contributed by atoms with van der Waals surface area (Å²) in [6.45, 7) is 5.30. The lowest BCUT2D eigenvalue weighted by molar-refractivity contribution is 0.606. The van der Waals surface area contributed by atoms with Crippen LogP contribution in [-0.4, -0.2) is 11.5 Å². The van der Waals surface area contributed by atoms with Crippen molar-refractivity contribution in [3.8, 4) is 6.07 Å². The fourth-order valence-corrected chi connectivity index (χ4v) is 1.05. The Morgan fingerprint density at radius 1 is 1.50 bits per heavy atom. The molecule has 0 saturated heterocycles. The van der Waals surface area contributed by atoms with Crippen LogP contribution in [0.4, 0.5) is 5.82 Å². The van der Waals surface area contributed by atoms with Gasteiger partial charge in [0.2, 0.25) is 0 Å². The zero-order valence-electron chi connectivity index (χ0n) is 8.62. The van der Waals surface area contributed by atoms with E-state index in [0.29, 0.717) is 11.5 Å². The van der Waals surface area contributed by atoms with Crippen molar-refractivity contribution >= 4 is 5.82 Å². The maximum Gasteiger partial charge on any atom is 0.125 e. The lowest BCUT2D eigenvalue weighted by atomic mass is 10.1. The molecule has 0 aliphatic heterocycles. The highest BCUT2D eigenvalue weighted by Gasteiger charge is 1.96. The summed E-state index contributed by atoms with van der Waals surface area (Å²) >= 11 is 0. The fraction of sp³-hybridized carbons (Fsp3) is 0.455. The Morgan fingerprint density at radius 2 is 2.29 bits per heavy atom. The highest BCUT2D eigenvalue weighted by Crippen LogP contribution is 2.05. The third-order valence-corrected chi connectivity index (χ3v) is 1.92. The minimum Gasteiger partial charge on any atom is -0.370 e. The molecule has 0 bridgehead atoms. The van der Waals surface area contributed by atoms with Crippen molar-refractivity contribution in [1.29, 1.82) is 5.26 Å². The molecular weight excluding hydrogens is 174 g/mol. The van der Waals surface area contributed by atoms with Gasteiger partial charge in [0.1, 0.15) is 11.9 Å². The molecule has 3 nitrogen and oxygen atoms in total. The van der Waals surface area contributed by atoms with E-state index in [1.54, 1.807) is 12.3 Å². The zero-order chi connectivity index (χ0) is 10.4.